The lowest BCUT2D eigenvalue weighted by molar-refractivity contribution is -0.136. The molecule has 0 unspecified atom stereocenters. The summed E-state index contributed by atoms with van der Waals surface area (Å²) in [7, 11) is 1.83. The van der Waals surface area contributed by atoms with E-state index in [-0.39, 0.29) is 18.0 Å². The van der Waals surface area contributed by atoms with Gasteiger partial charge in [0.2, 0.25) is 5.91 Å². The first-order valence-electron chi connectivity index (χ1n) is 7.70. The molecular weight excluding hydrogens is 308 g/mol. The van der Waals surface area contributed by atoms with Gasteiger partial charge in [-0.2, -0.15) is 0 Å². The molecule has 1 saturated heterocycles. The Balaban J connectivity index is 1.74. The van der Waals surface area contributed by atoms with Gasteiger partial charge in [-0.25, -0.2) is 14.8 Å². The molecule has 0 radical (unpaired) electrons. The first-order chi connectivity index (χ1) is 11.5. The normalized spacial score (nSPS) is 18.1. The van der Waals surface area contributed by atoms with Gasteiger partial charge in [0.05, 0.1) is 23.6 Å². The number of carbonyl (C=O) groups is 2. The van der Waals surface area contributed by atoms with Crippen molar-refractivity contribution in [2.45, 2.75) is 13.0 Å². The van der Waals surface area contributed by atoms with Crippen LogP contribution in [-0.4, -0.2) is 69.5 Å². The van der Waals surface area contributed by atoms with E-state index in [1.807, 2.05) is 19.0 Å². The van der Waals surface area contributed by atoms with E-state index >= 15 is 0 Å². The quantitative estimate of drug-likeness (QED) is 0.809. The zero-order valence-corrected chi connectivity index (χ0v) is 13.8. The summed E-state index contributed by atoms with van der Waals surface area (Å²) in [5.74, 6) is -0.0889. The van der Waals surface area contributed by atoms with E-state index in [0.29, 0.717) is 19.6 Å². The number of amides is 3. The summed E-state index contributed by atoms with van der Waals surface area (Å²) in [6.07, 6.45) is 6.45. The van der Waals surface area contributed by atoms with E-state index < -0.39 is 0 Å². The van der Waals surface area contributed by atoms with Crippen molar-refractivity contribution in [1.29, 1.82) is 0 Å². The van der Waals surface area contributed by atoms with Crippen molar-refractivity contribution in [2.24, 2.45) is 0 Å². The molecule has 0 saturated carbocycles. The molecule has 1 fully saturated rings. The van der Waals surface area contributed by atoms with Crippen LogP contribution in [0.4, 0.5) is 4.79 Å². The number of likely N-dealkylation sites (tertiary alicyclic amines) is 1. The maximum atomic E-state index is 12.2. The second-order valence-electron chi connectivity index (χ2n) is 5.88. The summed E-state index contributed by atoms with van der Waals surface area (Å²) in [4.78, 5) is 34.0. The number of likely N-dealkylation sites (N-methyl/N-ethyl adjacent to an activating group) is 1. The molecule has 8 nitrogen and oxygen atoms in total. The smallest absolute Gasteiger partial charge is 0.336 e. The Morgan fingerprint density at radius 1 is 1.46 bits per heavy atom. The fraction of sp³-hybridized carbons (Fsp3) is 0.375. The van der Waals surface area contributed by atoms with Crippen molar-refractivity contribution in [1.82, 2.24) is 30.2 Å². The van der Waals surface area contributed by atoms with Crippen molar-refractivity contribution >= 4 is 17.5 Å². The van der Waals surface area contributed by atoms with E-state index in [9.17, 15) is 9.59 Å². The fourth-order valence-electron chi connectivity index (χ4n) is 2.69. The number of rotatable bonds is 4. The predicted octanol–water partition coefficient (Wildman–Crippen LogP) is 0.395. The van der Waals surface area contributed by atoms with Crippen LogP contribution in [0.5, 0.6) is 0 Å². The molecule has 0 aromatic carbocycles. The highest BCUT2D eigenvalue weighted by molar-refractivity contribution is 5.87. The molecular formula is C16H20N6O2. The number of aromatic nitrogens is 2. The number of urea groups is 1. The Kier molecular flexibility index (Phi) is 4.30. The van der Waals surface area contributed by atoms with Gasteiger partial charge in [-0.05, 0) is 13.0 Å². The highest BCUT2D eigenvalue weighted by Crippen LogP contribution is 2.21. The first kappa shape index (κ1) is 16.1. The van der Waals surface area contributed by atoms with E-state index in [1.165, 1.54) is 11.1 Å². The third kappa shape index (κ3) is 3.00. The molecule has 3 heterocycles. The molecule has 0 bridgehead atoms. The Labute approximate surface area is 140 Å². The van der Waals surface area contributed by atoms with Crippen molar-refractivity contribution in [3.63, 3.8) is 0 Å². The van der Waals surface area contributed by atoms with Gasteiger partial charge >= 0.3 is 6.03 Å². The topological polar surface area (TPSA) is 81.7 Å². The monoisotopic (exact) mass is 328 g/mol. The molecule has 3 rings (SSSR count). The summed E-state index contributed by atoms with van der Waals surface area (Å²) >= 11 is 0. The molecule has 2 aliphatic rings. The summed E-state index contributed by atoms with van der Waals surface area (Å²) in [6.45, 7) is 6.91. The zero-order valence-electron chi connectivity index (χ0n) is 13.8. The molecule has 24 heavy (non-hydrogen) atoms. The lowest BCUT2D eigenvalue weighted by Gasteiger charge is -2.46. The Hall–Kier alpha value is -2.74. The molecule has 8 heteroatoms. The van der Waals surface area contributed by atoms with Crippen LogP contribution in [0.25, 0.3) is 5.57 Å². The largest absolute Gasteiger partial charge is 0.336 e. The molecule has 0 atom stereocenters. The molecule has 3 amide bonds. The first-order valence-corrected chi connectivity index (χ1v) is 7.70. The second kappa shape index (κ2) is 6.40. The van der Waals surface area contributed by atoms with Gasteiger partial charge < -0.3 is 10.2 Å². The third-order valence-corrected chi connectivity index (χ3v) is 4.22. The van der Waals surface area contributed by atoms with Crippen LogP contribution in [0, 0.1) is 6.92 Å². The minimum atomic E-state index is -0.199. The van der Waals surface area contributed by atoms with Crippen LogP contribution in [-0.2, 0) is 4.79 Å². The lowest BCUT2D eigenvalue weighted by Crippen LogP contribution is -2.64. The number of nitrogens with one attached hydrogen (secondary N) is 1. The Morgan fingerprint density at radius 2 is 2.21 bits per heavy atom. The van der Waals surface area contributed by atoms with Gasteiger partial charge in [0.15, 0.2) is 0 Å². The SMILES string of the molecule is C=CC(=O)N1CC(N(C)N2C=C(c3cncc(C)n3)CNC2=O)C1. The van der Waals surface area contributed by atoms with Gasteiger partial charge in [0, 0.05) is 44.7 Å². The highest BCUT2D eigenvalue weighted by atomic mass is 16.2. The van der Waals surface area contributed by atoms with E-state index in [4.69, 9.17) is 0 Å². The van der Waals surface area contributed by atoms with Gasteiger partial charge in [-0.15, -0.1) is 0 Å². The minimum Gasteiger partial charge on any atom is -0.336 e. The number of hydrogen-bond donors (Lipinski definition) is 1. The van der Waals surface area contributed by atoms with Crippen LogP contribution in [0.1, 0.15) is 11.4 Å². The van der Waals surface area contributed by atoms with Crippen molar-refractivity contribution in [2.75, 3.05) is 26.7 Å². The molecule has 1 aromatic rings. The maximum Gasteiger partial charge on any atom is 0.336 e. The number of hydrogen-bond acceptors (Lipinski definition) is 5. The molecule has 2 aliphatic heterocycles. The van der Waals surface area contributed by atoms with Crippen LogP contribution in [0.3, 0.4) is 0 Å². The van der Waals surface area contributed by atoms with Crippen molar-refractivity contribution < 1.29 is 9.59 Å². The summed E-state index contributed by atoms with van der Waals surface area (Å²) in [6, 6.07) is -0.116. The third-order valence-electron chi connectivity index (χ3n) is 4.22. The number of carbonyl (C=O) groups excluding carboxylic acids is 2. The van der Waals surface area contributed by atoms with Crippen LogP contribution < -0.4 is 5.32 Å². The van der Waals surface area contributed by atoms with Gasteiger partial charge in [-0.3, -0.25) is 14.8 Å². The van der Waals surface area contributed by atoms with Crippen LogP contribution in [0.2, 0.25) is 0 Å². The molecule has 0 aliphatic carbocycles. The summed E-state index contributed by atoms with van der Waals surface area (Å²) in [5.41, 5.74) is 2.45. The minimum absolute atomic E-state index is 0.0823. The molecule has 1 aromatic heterocycles. The van der Waals surface area contributed by atoms with Crippen LogP contribution in [0.15, 0.2) is 31.2 Å². The Morgan fingerprint density at radius 3 is 2.88 bits per heavy atom. The number of hydrazine groups is 1. The van der Waals surface area contributed by atoms with E-state index in [0.717, 1.165) is 17.0 Å². The van der Waals surface area contributed by atoms with E-state index in [2.05, 4.69) is 21.9 Å². The standard InChI is InChI=1S/C16H20N6O2/c1-4-15(23)21-9-13(10-21)20(3)22-8-12(6-18-16(22)24)14-7-17-5-11(2)19-14/h4-5,7-8,13H,1,6,9-10H2,2-3H3,(H,18,24). The lowest BCUT2D eigenvalue weighted by atomic mass is 10.1. The zero-order chi connectivity index (χ0) is 17.3. The summed E-state index contributed by atoms with van der Waals surface area (Å²) in [5, 5.41) is 6.21. The maximum absolute atomic E-state index is 12.2. The molecule has 126 valence electrons. The average Bonchev–Trinajstić information content (AvgIpc) is 2.53. The average molecular weight is 328 g/mol. The van der Waals surface area contributed by atoms with Crippen LogP contribution >= 0.6 is 0 Å². The van der Waals surface area contributed by atoms with Gasteiger partial charge in [-0.1, -0.05) is 6.58 Å². The van der Waals surface area contributed by atoms with Gasteiger partial charge in [0.25, 0.3) is 0 Å². The summed E-state index contributed by atoms with van der Waals surface area (Å²) < 4.78 is 0. The van der Waals surface area contributed by atoms with E-state index in [1.54, 1.807) is 23.5 Å². The fourth-order valence-corrected chi connectivity index (χ4v) is 2.69. The number of nitrogens with zero attached hydrogens (tertiary/aromatic N) is 5. The Bertz CT molecular complexity index is 710. The van der Waals surface area contributed by atoms with Crippen molar-refractivity contribution in [3.05, 3.63) is 42.6 Å². The molecule has 0 spiro atoms. The molecule has 1 N–H and O–H groups in total. The highest BCUT2D eigenvalue weighted by Gasteiger charge is 2.36. The second-order valence-corrected chi connectivity index (χ2v) is 5.88. The van der Waals surface area contributed by atoms with Gasteiger partial charge in [0.1, 0.15) is 0 Å². The number of aryl methyl sites for hydroxylation is 1. The van der Waals surface area contributed by atoms with Crippen molar-refractivity contribution in [3.8, 4) is 0 Å². The predicted molar refractivity (Wildman–Crippen MR) is 88.3 cm³/mol.